The summed E-state index contributed by atoms with van der Waals surface area (Å²) in [5, 5.41) is 13.4. The summed E-state index contributed by atoms with van der Waals surface area (Å²) in [6.45, 7) is 1.84. The average Bonchev–Trinajstić information content (AvgIpc) is 2.18. The molecule has 13 heavy (non-hydrogen) atoms. The number of aryl methyl sites for hydroxylation is 1. The van der Waals surface area contributed by atoms with Crippen LogP contribution in [0.2, 0.25) is 0 Å². The second kappa shape index (κ2) is 2.94. The molecule has 0 aliphatic rings. The van der Waals surface area contributed by atoms with Crippen molar-refractivity contribution in [3.05, 3.63) is 41.4 Å². The van der Waals surface area contributed by atoms with Gasteiger partial charge in [0.2, 0.25) is 0 Å². The van der Waals surface area contributed by atoms with Gasteiger partial charge in [-0.1, -0.05) is 17.3 Å². The Morgan fingerprint density at radius 3 is 2.85 bits per heavy atom. The lowest BCUT2D eigenvalue weighted by Gasteiger charge is -1.98. The standard InChI is InChI=1S/C10H9NO2/c1-7-6-13-9-5-3-2-4-8(9)10(7)11-12/h2-6,12H,1H3. The minimum Gasteiger partial charge on any atom is -0.464 e. The van der Waals surface area contributed by atoms with Crippen LogP contribution in [0.5, 0.6) is 0 Å². The van der Waals surface area contributed by atoms with E-state index >= 15 is 0 Å². The maximum atomic E-state index is 8.80. The van der Waals surface area contributed by atoms with E-state index < -0.39 is 0 Å². The van der Waals surface area contributed by atoms with Crippen LogP contribution < -0.4 is 5.36 Å². The molecule has 2 rings (SSSR count). The van der Waals surface area contributed by atoms with Gasteiger partial charge >= 0.3 is 0 Å². The fraction of sp³-hybridized carbons (Fsp3) is 0.100. The molecular weight excluding hydrogens is 166 g/mol. The third-order valence-electron chi connectivity index (χ3n) is 1.98. The second-order valence-electron chi connectivity index (χ2n) is 2.86. The largest absolute Gasteiger partial charge is 0.464 e. The van der Waals surface area contributed by atoms with Crippen LogP contribution in [0.15, 0.2) is 40.1 Å². The first kappa shape index (κ1) is 7.86. The summed E-state index contributed by atoms with van der Waals surface area (Å²) in [7, 11) is 0. The van der Waals surface area contributed by atoms with E-state index in [1.165, 1.54) is 0 Å². The van der Waals surface area contributed by atoms with Crippen molar-refractivity contribution in [3.8, 4) is 0 Å². The molecule has 0 aliphatic heterocycles. The number of hydrogen-bond donors (Lipinski definition) is 1. The van der Waals surface area contributed by atoms with Crippen LogP contribution in [0.4, 0.5) is 0 Å². The van der Waals surface area contributed by atoms with Crippen LogP contribution >= 0.6 is 0 Å². The summed E-state index contributed by atoms with van der Waals surface area (Å²) >= 11 is 0. The van der Waals surface area contributed by atoms with E-state index in [0.29, 0.717) is 5.36 Å². The summed E-state index contributed by atoms with van der Waals surface area (Å²) in [6, 6.07) is 7.46. The molecule has 66 valence electrons. The summed E-state index contributed by atoms with van der Waals surface area (Å²) < 4.78 is 5.31. The molecule has 0 atom stereocenters. The Hall–Kier alpha value is -1.77. The van der Waals surface area contributed by atoms with Gasteiger partial charge in [0.15, 0.2) is 0 Å². The monoisotopic (exact) mass is 175 g/mol. The molecule has 0 saturated heterocycles. The number of para-hydroxylation sites is 1. The molecule has 1 aromatic heterocycles. The molecule has 1 aromatic carbocycles. The Morgan fingerprint density at radius 1 is 1.31 bits per heavy atom. The highest BCUT2D eigenvalue weighted by molar-refractivity contribution is 5.76. The van der Waals surface area contributed by atoms with Crippen LogP contribution in [-0.4, -0.2) is 5.21 Å². The Morgan fingerprint density at radius 2 is 2.08 bits per heavy atom. The fourth-order valence-electron chi connectivity index (χ4n) is 1.32. The zero-order valence-corrected chi connectivity index (χ0v) is 7.19. The normalized spacial score (nSPS) is 12.2. The van der Waals surface area contributed by atoms with Crippen LogP contribution in [0.3, 0.4) is 0 Å². The first-order valence-electron chi connectivity index (χ1n) is 3.98. The molecule has 3 heteroatoms. The SMILES string of the molecule is Cc1coc2ccccc2c1=NO. The van der Waals surface area contributed by atoms with Gasteiger partial charge in [-0.05, 0) is 19.1 Å². The molecule has 0 unspecified atom stereocenters. The third-order valence-corrected chi connectivity index (χ3v) is 1.98. The minimum atomic E-state index is 0.571. The van der Waals surface area contributed by atoms with E-state index in [4.69, 9.17) is 9.62 Å². The molecule has 0 spiro atoms. The molecule has 0 saturated carbocycles. The maximum absolute atomic E-state index is 8.80. The van der Waals surface area contributed by atoms with Crippen molar-refractivity contribution >= 4 is 11.0 Å². The van der Waals surface area contributed by atoms with Crippen LogP contribution in [0, 0.1) is 6.92 Å². The van der Waals surface area contributed by atoms with E-state index in [2.05, 4.69) is 5.16 Å². The number of hydrogen-bond acceptors (Lipinski definition) is 3. The zero-order valence-electron chi connectivity index (χ0n) is 7.19. The van der Waals surface area contributed by atoms with Crippen LogP contribution in [-0.2, 0) is 0 Å². The quantitative estimate of drug-likeness (QED) is 0.492. The zero-order chi connectivity index (χ0) is 9.26. The lowest BCUT2D eigenvalue weighted by Crippen LogP contribution is -2.06. The van der Waals surface area contributed by atoms with Crippen LogP contribution in [0.25, 0.3) is 11.0 Å². The van der Waals surface area contributed by atoms with Crippen molar-refractivity contribution in [2.45, 2.75) is 6.92 Å². The van der Waals surface area contributed by atoms with Gasteiger partial charge < -0.3 is 9.62 Å². The van der Waals surface area contributed by atoms with E-state index in [1.807, 2.05) is 31.2 Å². The summed E-state index contributed by atoms with van der Waals surface area (Å²) in [4.78, 5) is 0. The van der Waals surface area contributed by atoms with Crippen molar-refractivity contribution in [2.24, 2.45) is 5.16 Å². The highest BCUT2D eigenvalue weighted by Crippen LogP contribution is 2.09. The molecular formula is C10H9NO2. The van der Waals surface area contributed by atoms with E-state index in [1.54, 1.807) is 6.26 Å². The molecule has 1 heterocycles. The number of rotatable bonds is 0. The van der Waals surface area contributed by atoms with E-state index in [0.717, 1.165) is 16.5 Å². The molecule has 0 amide bonds. The van der Waals surface area contributed by atoms with Gasteiger partial charge in [0.25, 0.3) is 0 Å². The van der Waals surface area contributed by atoms with Gasteiger partial charge in [0, 0.05) is 10.9 Å². The lowest BCUT2D eigenvalue weighted by molar-refractivity contribution is 0.302. The summed E-state index contributed by atoms with van der Waals surface area (Å²) in [5.41, 5.74) is 1.54. The van der Waals surface area contributed by atoms with Gasteiger partial charge in [-0.25, -0.2) is 0 Å². The van der Waals surface area contributed by atoms with Crippen molar-refractivity contribution in [1.29, 1.82) is 0 Å². The van der Waals surface area contributed by atoms with Gasteiger partial charge in [0.05, 0.1) is 6.26 Å². The van der Waals surface area contributed by atoms with Gasteiger partial charge in [-0.15, -0.1) is 0 Å². The van der Waals surface area contributed by atoms with E-state index in [9.17, 15) is 0 Å². The summed E-state index contributed by atoms with van der Waals surface area (Å²) in [5.74, 6) is 0. The Balaban J connectivity index is 3.01. The van der Waals surface area contributed by atoms with Crippen molar-refractivity contribution < 1.29 is 9.62 Å². The minimum absolute atomic E-state index is 0.571. The number of nitrogens with zero attached hydrogens (tertiary/aromatic N) is 1. The lowest BCUT2D eigenvalue weighted by atomic mass is 10.2. The highest BCUT2D eigenvalue weighted by Gasteiger charge is 1.99. The van der Waals surface area contributed by atoms with Crippen molar-refractivity contribution in [1.82, 2.24) is 0 Å². The molecule has 0 aliphatic carbocycles. The first-order valence-corrected chi connectivity index (χ1v) is 3.98. The Labute approximate surface area is 74.9 Å². The Kier molecular flexibility index (Phi) is 1.77. The topological polar surface area (TPSA) is 45.7 Å². The summed E-state index contributed by atoms with van der Waals surface area (Å²) in [6.07, 6.45) is 1.58. The number of fused-ring (bicyclic) bond motifs is 1. The molecule has 0 bridgehead atoms. The number of benzene rings is 1. The van der Waals surface area contributed by atoms with Gasteiger partial charge in [0.1, 0.15) is 10.9 Å². The average molecular weight is 175 g/mol. The third kappa shape index (κ3) is 1.18. The van der Waals surface area contributed by atoms with Crippen LogP contribution in [0.1, 0.15) is 5.56 Å². The molecule has 0 radical (unpaired) electrons. The van der Waals surface area contributed by atoms with Gasteiger partial charge in [-0.2, -0.15) is 0 Å². The first-order chi connectivity index (χ1) is 6.33. The molecule has 2 aromatic rings. The fourth-order valence-corrected chi connectivity index (χ4v) is 1.32. The second-order valence-corrected chi connectivity index (χ2v) is 2.86. The molecule has 3 nitrogen and oxygen atoms in total. The maximum Gasteiger partial charge on any atom is 0.136 e. The van der Waals surface area contributed by atoms with Crippen molar-refractivity contribution in [3.63, 3.8) is 0 Å². The Bertz CT molecular complexity index is 499. The molecule has 1 N–H and O–H groups in total. The predicted octanol–water partition coefficient (Wildman–Crippen LogP) is 2.03. The van der Waals surface area contributed by atoms with E-state index in [-0.39, 0.29) is 0 Å². The smallest absolute Gasteiger partial charge is 0.136 e. The van der Waals surface area contributed by atoms with Gasteiger partial charge in [-0.3, -0.25) is 0 Å². The molecule has 0 fully saturated rings. The van der Waals surface area contributed by atoms with Crippen molar-refractivity contribution in [2.75, 3.05) is 0 Å². The highest BCUT2D eigenvalue weighted by atomic mass is 16.4. The predicted molar refractivity (Wildman–Crippen MR) is 48.3 cm³/mol.